The summed E-state index contributed by atoms with van der Waals surface area (Å²) in [7, 11) is 0. The molecular weight excluding hydrogens is 354 g/mol. The van der Waals surface area contributed by atoms with Gasteiger partial charge >= 0.3 is 0 Å². The average Bonchev–Trinajstić information content (AvgIpc) is 3.38. The standard InChI is InChI=1S/C20H25N7O/c1-3-16(24-20(28)18-15-10-21-9-8-17(15)25-26-18)19(27-12-22-11-23-27)14-6-4-13(2)5-7-14/h4-7,11-12,16,19,21H,3,8-10H2,1-2H3,(H,24,28)(H,25,26). The maximum absolute atomic E-state index is 13.0. The molecule has 2 unspecified atom stereocenters. The van der Waals surface area contributed by atoms with Crippen molar-refractivity contribution in [3.63, 3.8) is 0 Å². The molecule has 146 valence electrons. The van der Waals surface area contributed by atoms with Crippen LogP contribution in [0, 0.1) is 6.92 Å². The van der Waals surface area contributed by atoms with E-state index >= 15 is 0 Å². The molecule has 4 rings (SSSR count). The van der Waals surface area contributed by atoms with Crippen LogP contribution in [0.25, 0.3) is 0 Å². The summed E-state index contributed by atoms with van der Waals surface area (Å²) in [5.41, 5.74) is 4.75. The lowest BCUT2D eigenvalue weighted by molar-refractivity contribution is 0.0918. The van der Waals surface area contributed by atoms with Gasteiger partial charge < -0.3 is 10.6 Å². The molecule has 3 aromatic rings. The smallest absolute Gasteiger partial charge is 0.272 e. The summed E-state index contributed by atoms with van der Waals surface area (Å²) in [6.07, 6.45) is 4.82. The van der Waals surface area contributed by atoms with Crippen LogP contribution in [-0.2, 0) is 13.0 Å². The Balaban J connectivity index is 1.62. The quantitative estimate of drug-likeness (QED) is 0.606. The molecule has 0 spiro atoms. The van der Waals surface area contributed by atoms with Crippen LogP contribution in [0.4, 0.5) is 0 Å². The molecule has 1 aliphatic heterocycles. The Morgan fingerprint density at radius 2 is 2.14 bits per heavy atom. The summed E-state index contributed by atoms with van der Waals surface area (Å²) in [4.78, 5) is 17.1. The SMILES string of the molecule is CCC(NC(=O)c1n[nH]c2c1CNCC2)C(c1ccc(C)cc1)n1cncn1. The first-order valence-corrected chi connectivity index (χ1v) is 9.65. The van der Waals surface area contributed by atoms with E-state index in [1.165, 1.54) is 11.9 Å². The molecule has 0 aliphatic carbocycles. The minimum Gasteiger partial charge on any atom is -0.345 e. The molecule has 0 radical (unpaired) electrons. The number of amides is 1. The maximum Gasteiger partial charge on any atom is 0.272 e. The fourth-order valence-corrected chi connectivity index (χ4v) is 3.75. The van der Waals surface area contributed by atoms with E-state index in [0.717, 1.165) is 36.2 Å². The lowest BCUT2D eigenvalue weighted by Gasteiger charge is -2.27. The Hall–Kier alpha value is -3.00. The van der Waals surface area contributed by atoms with E-state index in [9.17, 15) is 4.79 Å². The minimum absolute atomic E-state index is 0.148. The Morgan fingerprint density at radius 3 is 2.86 bits per heavy atom. The number of H-pyrrole nitrogens is 1. The predicted molar refractivity (Wildman–Crippen MR) is 105 cm³/mol. The van der Waals surface area contributed by atoms with Crippen molar-refractivity contribution in [3.8, 4) is 0 Å². The number of aryl methyl sites for hydroxylation is 1. The molecular formula is C20H25N7O. The highest BCUT2D eigenvalue weighted by molar-refractivity contribution is 5.94. The number of nitrogens with one attached hydrogen (secondary N) is 3. The molecule has 2 atom stereocenters. The number of aromatic amines is 1. The van der Waals surface area contributed by atoms with E-state index in [-0.39, 0.29) is 18.0 Å². The zero-order chi connectivity index (χ0) is 19.5. The third-order valence-electron chi connectivity index (χ3n) is 5.30. The number of hydrogen-bond donors (Lipinski definition) is 3. The first-order valence-electron chi connectivity index (χ1n) is 9.65. The lowest BCUT2D eigenvalue weighted by atomic mass is 9.96. The number of nitrogens with zero attached hydrogens (tertiary/aromatic N) is 4. The highest BCUT2D eigenvalue weighted by Crippen LogP contribution is 2.24. The summed E-state index contributed by atoms with van der Waals surface area (Å²) in [6.45, 7) is 5.68. The van der Waals surface area contributed by atoms with Crippen molar-refractivity contribution in [1.29, 1.82) is 0 Å². The number of fused-ring (bicyclic) bond motifs is 1. The molecule has 8 nitrogen and oxygen atoms in total. The van der Waals surface area contributed by atoms with E-state index in [0.29, 0.717) is 12.2 Å². The average molecular weight is 379 g/mol. The third kappa shape index (κ3) is 3.55. The fourth-order valence-electron chi connectivity index (χ4n) is 3.75. The predicted octanol–water partition coefficient (Wildman–Crippen LogP) is 1.75. The molecule has 8 heteroatoms. The van der Waals surface area contributed by atoms with E-state index in [1.54, 1.807) is 11.0 Å². The minimum atomic E-state index is -0.162. The number of benzene rings is 1. The van der Waals surface area contributed by atoms with Crippen molar-refractivity contribution in [2.45, 2.75) is 45.3 Å². The topological polar surface area (TPSA) is 101 Å². The van der Waals surface area contributed by atoms with Crippen molar-refractivity contribution < 1.29 is 4.79 Å². The third-order valence-corrected chi connectivity index (χ3v) is 5.30. The summed E-state index contributed by atoms with van der Waals surface area (Å²) in [5.74, 6) is -0.162. The zero-order valence-electron chi connectivity index (χ0n) is 16.1. The zero-order valence-corrected chi connectivity index (χ0v) is 16.1. The number of rotatable bonds is 6. The Labute approximate surface area is 163 Å². The molecule has 3 heterocycles. The number of aromatic nitrogens is 5. The van der Waals surface area contributed by atoms with Gasteiger partial charge in [0.15, 0.2) is 5.69 Å². The lowest BCUT2D eigenvalue weighted by Crippen LogP contribution is -2.42. The van der Waals surface area contributed by atoms with Crippen molar-refractivity contribution in [3.05, 3.63) is 65.0 Å². The van der Waals surface area contributed by atoms with Gasteiger partial charge in [-0.05, 0) is 18.9 Å². The first kappa shape index (κ1) is 18.4. The second-order valence-corrected chi connectivity index (χ2v) is 7.18. The van der Waals surface area contributed by atoms with Crippen LogP contribution >= 0.6 is 0 Å². The van der Waals surface area contributed by atoms with Gasteiger partial charge in [-0.2, -0.15) is 10.2 Å². The van der Waals surface area contributed by atoms with Gasteiger partial charge in [-0.3, -0.25) is 9.89 Å². The Kier molecular flexibility index (Phi) is 5.21. The highest BCUT2D eigenvalue weighted by Gasteiger charge is 2.29. The van der Waals surface area contributed by atoms with Gasteiger partial charge in [0.05, 0.1) is 12.1 Å². The van der Waals surface area contributed by atoms with Gasteiger partial charge in [0, 0.05) is 30.8 Å². The number of carbonyl (C=O) groups excluding carboxylic acids is 1. The molecule has 3 N–H and O–H groups in total. The molecule has 0 bridgehead atoms. The number of carbonyl (C=O) groups is 1. The van der Waals surface area contributed by atoms with Gasteiger partial charge in [-0.15, -0.1) is 0 Å². The fraction of sp³-hybridized carbons (Fsp3) is 0.400. The summed E-state index contributed by atoms with van der Waals surface area (Å²) in [5, 5.41) is 18.1. The Morgan fingerprint density at radius 1 is 1.32 bits per heavy atom. The van der Waals surface area contributed by atoms with Crippen molar-refractivity contribution in [2.24, 2.45) is 0 Å². The second kappa shape index (κ2) is 7.93. The van der Waals surface area contributed by atoms with Crippen molar-refractivity contribution in [2.75, 3.05) is 6.54 Å². The van der Waals surface area contributed by atoms with Crippen LogP contribution in [0.5, 0.6) is 0 Å². The molecule has 0 saturated carbocycles. The van der Waals surface area contributed by atoms with Crippen molar-refractivity contribution in [1.82, 2.24) is 35.6 Å². The molecule has 2 aromatic heterocycles. The van der Waals surface area contributed by atoms with Crippen LogP contribution in [0.1, 0.15) is 52.3 Å². The van der Waals surface area contributed by atoms with Gasteiger partial charge in [-0.25, -0.2) is 9.67 Å². The number of hydrogen-bond acceptors (Lipinski definition) is 5. The second-order valence-electron chi connectivity index (χ2n) is 7.18. The molecule has 1 aliphatic rings. The molecule has 0 fully saturated rings. The van der Waals surface area contributed by atoms with Crippen LogP contribution in [0.15, 0.2) is 36.9 Å². The maximum atomic E-state index is 13.0. The van der Waals surface area contributed by atoms with Crippen molar-refractivity contribution >= 4 is 5.91 Å². The van der Waals surface area contributed by atoms with Crippen LogP contribution < -0.4 is 10.6 Å². The van der Waals surface area contributed by atoms with Crippen LogP contribution in [-0.4, -0.2) is 43.5 Å². The van der Waals surface area contributed by atoms with Gasteiger partial charge in [-0.1, -0.05) is 36.8 Å². The highest BCUT2D eigenvalue weighted by atomic mass is 16.2. The largest absolute Gasteiger partial charge is 0.345 e. The van der Waals surface area contributed by atoms with Gasteiger partial charge in [0.2, 0.25) is 0 Å². The molecule has 1 aromatic carbocycles. The van der Waals surface area contributed by atoms with Gasteiger partial charge in [0.1, 0.15) is 12.7 Å². The first-order chi connectivity index (χ1) is 13.7. The van der Waals surface area contributed by atoms with Gasteiger partial charge in [0.25, 0.3) is 5.91 Å². The summed E-state index contributed by atoms with van der Waals surface area (Å²) < 4.78 is 1.81. The van der Waals surface area contributed by atoms with E-state index in [4.69, 9.17) is 0 Å². The summed E-state index contributed by atoms with van der Waals surface area (Å²) >= 11 is 0. The monoisotopic (exact) mass is 379 g/mol. The van der Waals surface area contributed by atoms with Crippen LogP contribution in [0.3, 0.4) is 0 Å². The van der Waals surface area contributed by atoms with E-state index in [2.05, 4.69) is 69.0 Å². The molecule has 1 amide bonds. The molecule has 28 heavy (non-hydrogen) atoms. The Bertz CT molecular complexity index is 930. The van der Waals surface area contributed by atoms with E-state index in [1.807, 2.05) is 0 Å². The van der Waals surface area contributed by atoms with E-state index < -0.39 is 0 Å². The molecule has 0 saturated heterocycles. The summed E-state index contributed by atoms with van der Waals surface area (Å²) in [6, 6.07) is 8.01. The normalized spacial score (nSPS) is 15.6. The van der Waals surface area contributed by atoms with Crippen LogP contribution in [0.2, 0.25) is 0 Å².